The van der Waals surface area contributed by atoms with Crippen molar-refractivity contribution in [2.75, 3.05) is 6.54 Å². The van der Waals surface area contributed by atoms with Gasteiger partial charge in [0.05, 0.1) is 6.21 Å². The van der Waals surface area contributed by atoms with Crippen molar-refractivity contribution in [1.29, 1.82) is 0 Å². The highest BCUT2D eigenvalue weighted by Gasteiger charge is 2.08. The van der Waals surface area contributed by atoms with Crippen LogP contribution in [0.4, 0.5) is 0 Å². The number of ether oxygens (including phenoxy) is 1. The number of thiocarbonyl (C=S) groups is 1. The van der Waals surface area contributed by atoms with E-state index in [1.54, 1.807) is 36.5 Å². The van der Waals surface area contributed by atoms with Gasteiger partial charge in [0.2, 0.25) is 0 Å². The molecular formula is C15H15N3O2S2. The number of hydrogen-bond donors (Lipinski definition) is 2. The molecule has 2 N–H and O–H groups in total. The van der Waals surface area contributed by atoms with E-state index in [-0.39, 0.29) is 5.97 Å². The third-order valence-corrected chi connectivity index (χ3v) is 3.62. The van der Waals surface area contributed by atoms with E-state index >= 15 is 0 Å². The van der Waals surface area contributed by atoms with Gasteiger partial charge in [0.1, 0.15) is 10.6 Å². The van der Waals surface area contributed by atoms with Crippen LogP contribution in [-0.2, 0) is 0 Å². The Labute approximate surface area is 138 Å². The average Bonchev–Trinajstić information content (AvgIpc) is 3.04. The normalized spacial score (nSPS) is 10.4. The summed E-state index contributed by atoms with van der Waals surface area (Å²) in [5, 5.41) is 9.24. The summed E-state index contributed by atoms with van der Waals surface area (Å²) in [5.41, 5.74) is 3.57. The lowest BCUT2D eigenvalue weighted by atomic mass is 10.2. The Morgan fingerprint density at radius 2 is 2.14 bits per heavy atom. The topological polar surface area (TPSA) is 62.7 Å². The highest BCUT2D eigenvalue weighted by Crippen LogP contribution is 2.16. The van der Waals surface area contributed by atoms with Crippen LogP contribution in [0, 0.1) is 0 Å². The number of nitrogens with one attached hydrogen (secondary N) is 2. The first-order valence-corrected chi connectivity index (χ1v) is 7.90. The van der Waals surface area contributed by atoms with Crippen molar-refractivity contribution in [2.45, 2.75) is 6.92 Å². The smallest absolute Gasteiger partial charge is 0.353 e. The summed E-state index contributed by atoms with van der Waals surface area (Å²) < 4.78 is 5.27. The van der Waals surface area contributed by atoms with Gasteiger partial charge in [-0.25, -0.2) is 4.79 Å². The minimum atomic E-state index is -0.353. The second-order valence-electron chi connectivity index (χ2n) is 4.17. The summed E-state index contributed by atoms with van der Waals surface area (Å²) in [5.74, 6) is 0.140. The zero-order valence-electron chi connectivity index (χ0n) is 11.9. The maximum atomic E-state index is 11.8. The van der Waals surface area contributed by atoms with Crippen molar-refractivity contribution in [3.8, 4) is 5.75 Å². The van der Waals surface area contributed by atoms with E-state index < -0.39 is 0 Å². The van der Waals surface area contributed by atoms with Crippen LogP contribution in [0.3, 0.4) is 0 Å². The van der Waals surface area contributed by atoms with Gasteiger partial charge in [-0.1, -0.05) is 6.07 Å². The number of nitrogens with zero attached hydrogens (tertiary/aromatic N) is 1. The standard InChI is InChI=1S/C15H15N3O2S2/c1-2-16-15(21)18-17-10-11-5-7-12(8-6-11)20-14(19)13-4-3-9-22-13/h3-10H,2H2,1H3,(H2,16,18,21). The molecule has 0 spiro atoms. The van der Waals surface area contributed by atoms with Gasteiger partial charge in [-0.15, -0.1) is 11.3 Å². The fourth-order valence-corrected chi connectivity index (χ4v) is 2.34. The van der Waals surface area contributed by atoms with Gasteiger partial charge in [0, 0.05) is 6.54 Å². The van der Waals surface area contributed by atoms with Crippen molar-refractivity contribution < 1.29 is 9.53 Å². The molecule has 0 atom stereocenters. The van der Waals surface area contributed by atoms with Gasteiger partial charge in [-0.05, 0) is 60.4 Å². The molecule has 1 aromatic heterocycles. The highest BCUT2D eigenvalue weighted by molar-refractivity contribution is 7.80. The minimum Gasteiger partial charge on any atom is -0.422 e. The van der Waals surface area contributed by atoms with Gasteiger partial charge < -0.3 is 10.1 Å². The fraction of sp³-hybridized carbons (Fsp3) is 0.133. The monoisotopic (exact) mass is 333 g/mol. The molecule has 0 saturated carbocycles. The Hall–Kier alpha value is -2.25. The van der Waals surface area contributed by atoms with Gasteiger partial charge in [-0.3, -0.25) is 5.43 Å². The molecule has 2 aromatic rings. The zero-order valence-corrected chi connectivity index (χ0v) is 13.5. The highest BCUT2D eigenvalue weighted by atomic mass is 32.1. The molecule has 1 aromatic carbocycles. The van der Waals surface area contributed by atoms with Gasteiger partial charge in [0.25, 0.3) is 0 Å². The molecule has 0 radical (unpaired) electrons. The number of rotatable bonds is 5. The molecule has 0 amide bonds. The molecule has 0 aliphatic carbocycles. The SMILES string of the molecule is CCNC(=S)NN=Cc1ccc(OC(=O)c2cccs2)cc1. The number of hydrogen-bond acceptors (Lipinski definition) is 5. The predicted molar refractivity (Wildman–Crippen MR) is 92.7 cm³/mol. The van der Waals surface area contributed by atoms with E-state index in [4.69, 9.17) is 17.0 Å². The molecule has 0 aliphatic heterocycles. The summed E-state index contributed by atoms with van der Waals surface area (Å²) in [6, 6.07) is 10.6. The lowest BCUT2D eigenvalue weighted by Gasteiger charge is -2.04. The van der Waals surface area contributed by atoms with Crippen LogP contribution in [0.2, 0.25) is 0 Å². The quantitative estimate of drug-likeness (QED) is 0.290. The zero-order chi connectivity index (χ0) is 15.8. The molecule has 5 nitrogen and oxygen atoms in total. The number of carbonyl (C=O) groups excluding carboxylic acids is 1. The largest absolute Gasteiger partial charge is 0.422 e. The van der Waals surface area contributed by atoms with E-state index in [1.165, 1.54) is 11.3 Å². The lowest BCUT2D eigenvalue weighted by molar-refractivity contribution is 0.0740. The average molecular weight is 333 g/mol. The van der Waals surface area contributed by atoms with Crippen molar-refractivity contribution in [3.63, 3.8) is 0 Å². The molecule has 0 bridgehead atoms. The Bertz CT molecular complexity index is 652. The molecular weight excluding hydrogens is 318 g/mol. The molecule has 114 valence electrons. The molecule has 0 aliphatic rings. The first kappa shape index (κ1) is 16.1. The summed E-state index contributed by atoms with van der Waals surface area (Å²) >= 11 is 6.33. The molecule has 0 unspecified atom stereocenters. The van der Waals surface area contributed by atoms with E-state index in [1.807, 2.05) is 18.4 Å². The molecule has 2 rings (SSSR count). The lowest BCUT2D eigenvalue weighted by Crippen LogP contribution is -2.31. The second-order valence-corrected chi connectivity index (χ2v) is 5.52. The third kappa shape index (κ3) is 4.94. The van der Waals surface area contributed by atoms with E-state index in [0.717, 1.165) is 12.1 Å². The molecule has 0 saturated heterocycles. The molecule has 0 fully saturated rings. The first-order chi connectivity index (χ1) is 10.7. The minimum absolute atomic E-state index is 0.353. The van der Waals surface area contributed by atoms with Crippen molar-refractivity contribution in [2.24, 2.45) is 5.10 Å². The molecule has 7 heteroatoms. The summed E-state index contributed by atoms with van der Waals surface area (Å²) in [6.45, 7) is 2.69. The number of carbonyl (C=O) groups is 1. The maximum Gasteiger partial charge on any atom is 0.353 e. The number of benzene rings is 1. The molecule has 1 heterocycles. The fourth-order valence-electron chi connectivity index (χ4n) is 1.54. The summed E-state index contributed by atoms with van der Waals surface area (Å²) in [4.78, 5) is 12.4. The number of hydrazone groups is 1. The third-order valence-electron chi connectivity index (χ3n) is 2.53. The second kappa shape index (κ2) is 8.26. The predicted octanol–water partition coefficient (Wildman–Crippen LogP) is 2.79. The van der Waals surface area contributed by atoms with Crippen LogP contribution in [0.25, 0.3) is 0 Å². The van der Waals surface area contributed by atoms with Crippen molar-refractivity contribution in [1.82, 2.24) is 10.7 Å². The Morgan fingerprint density at radius 3 is 2.77 bits per heavy atom. The number of esters is 1. The first-order valence-electron chi connectivity index (χ1n) is 6.61. The van der Waals surface area contributed by atoms with Crippen LogP contribution in [0.5, 0.6) is 5.75 Å². The summed E-state index contributed by atoms with van der Waals surface area (Å²) in [7, 11) is 0. The van der Waals surface area contributed by atoms with Crippen LogP contribution in [0.1, 0.15) is 22.2 Å². The van der Waals surface area contributed by atoms with Crippen LogP contribution >= 0.6 is 23.6 Å². The van der Waals surface area contributed by atoms with Gasteiger partial charge in [-0.2, -0.15) is 5.10 Å². The number of thiophene rings is 1. The summed E-state index contributed by atoms with van der Waals surface area (Å²) in [6.07, 6.45) is 1.63. The van der Waals surface area contributed by atoms with Gasteiger partial charge >= 0.3 is 5.97 Å². The Morgan fingerprint density at radius 1 is 1.36 bits per heavy atom. The van der Waals surface area contributed by atoms with Crippen LogP contribution in [-0.4, -0.2) is 23.8 Å². The Kier molecular flexibility index (Phi) is 6.05. The molecule has 22 heavy (non-hydrogen) atoms. The van der Waals surface area contributed by atoms with Gasteiger partial charge in [0.15, 0.2) is 5.11 Å². The van der Waals surface area contributed by atoms with E-state index in [9.17, 15) is 4.79 Å². The van der Waals surface area contributed by atoms with E-state index in [0.29, 0.717) is 15.7 Å². The van der Waals surface area contributed by atoms with E-state index in [2.05, 4.69) is 15.8 Å². The Balaban J connectivity index is 1.89. The van der Waals surface area contributed by atoms with Crippen LogP contribution in [0.15, 0.2) is 46.9 Å². The maximum absolute atomic E-state index is 11.8. The van der Waals surface area contributed by atoms with Crippen molar-refractivity contribution in [3.05, 3.63) is 52.2 Å². The van der Waals surface area contributed by atoms with Crippen molar-refractivity contribution >= 4 is 40.9 Å². The van der Waals surface area contributed by atoms with Crippen LogP contribution < -0.4 is 15.5 Å².